The third-order valence-electron chi connectivity index (χ3n) is 2.38. The topological polar surface area (TPSA) is 52.3 Å². The molecule has 1 heterocycles. The fraction of sp³-hybridized carbons (Fsp3) is 0.250. The van der Waals surface area contributed by atoms with Crippen LogP contribution in [0.15, 0.2) is 23.6 Å². The van der Waals surface area contributed by atoms with E-state index in [9.17, 15) is 4.79 Å². The largest absolute Gasteiger partial charge is 0.462 e. The Kier molecular flexibility index (Phi) is 3.22. The Bertz CT molecular complexity index is 519. The average molecular weight is 235 g/mol. The van der Waals surface area contributed by atoms with Gasteiger partial charge in [-0.15, -0.1) is 11.3 Å². The minimum absolute atomic E-state index is 0.279. The Morgan fingerprint density at radius 1 is 1.50 bits per heavy atom. The van der Waals surface area contributed by atoms with E-state index in [1.165, 1.54) is 0 Å². The predicted molar refractivity (Wildman–Crippen MR) is 65.7 cm³/mol. The van der Waals surface area contributed by atoms with E-state index in [4.69, 9.17) is 10.5 Å². The van der Waals surface area contributed by atoms with Gasteiger partial charge >= 0.3 is 5.97 Å². The molecular weight excluding hydrogens is 222 g/mol. The molecule has 0 fully saturated rings. The fourth-order valence-electron chi connectivity index (χ4n) is 1.58. The third kappa shape index (κ3) is 1.94. The highest BCUT2D eigenvalue weighted by Gasteiger charge is 2.09. The van der Waals surface area contributed by atoms with E-state index in [1.54, 1.807) is 24.3 Å². The van der Waals surface area contributed by atoms with Gasteiger partial charge in [-0.2, -0.15) is 0 Å². The number of rotatable bonds is 3. The van der Waals surface area contributed by atoms with Gasteiger partial charge in [-0.25, -0.2) is 4.79 Å². The number of hydrogen-bond acceptors (Lipinski definition) is 4. The molecule has 3 nitrogen and oxygen atoms in total. The second-order valence-corrected chi connectivity index (χ2v) is 4.31. The number of nitrogens with two attached hydrogens (primary N) is 1. The van der Waals surface area contributed by atoms with Crippen LogP contribution in [-0.4, -0.2) is 12.6 Å². The van der Waals surface area contributed by atoms with Crippen LogP contribution in [0.1, 0.15) is 22.8 Å². The molecule has 0 spiro atoms. The molecule has 0 atom stereocenters. The Morgan fingerprint density at radius 2 is 2.31 bits per heavy atom. The lowest BCUT2D eigenvalue weighted by Gasteiger charge is -2.02. The summed E-state index contributed by atoms with van der Waals surface area (Å²) in [6.45, 7) is 2.68. The summed E-state index contributed by atoms with van der Waals surface area (Å²) in [5.41, 5.74) is 7.30. The molecule has 0 unspecified atom stereocenters. The molecule has 0 aliphatic heterocycles. The summed E-state index contributed by atoms with van der Waals surface area (Å²) in [7, 11) is 0. The van der Waals surface area contributed by atoms with Gasteiger partial charge in [0.05, 0.1) is 12.2 Å². The minimum atomic E-state index is -0.279. The van der Waals surface area contributed by atoms with Gasteiger partial charge in [0.2, 0.25) is 0 Å². The first-order chi connectivity index (χ1) is 7.76. The normalized spacial score (nSPS) is 10.6. The molecule has 0 saturated heterocycles. The van der Waals surface area contributed by atoms with E-state index in [-0.39, 0.29) is 5.97 Å². The molecule has 2 rings (SSSR count). The highest BCUT2D eigenvalue weighted by molar-refractivity contribution is 7.17. The molecule has 1 aromatic heterocycles. The second-order valence-electron chi connectivity index (χ2n) is 3.40. The van der Waals surface area contributed by atoms with Gasteiger partial charge in [0.15, 0.2) is 0 Å². The van der Waals surface area contributed by atoms with E-state index >= 15 is 0 Å². The first kappa shape index (κ1) is 11.1. The Hall–Kier alpha value is -1.39. The predicted octanol–water partition coefficient (Wildman–Crippen LogP) is 2.54. The molecule has 2 aromatic rings. The van der Waals surface area contributed by atoms with Crippen LogP contribution in [0.4, 0.5) is 0 Å². The highest BCUT2D eigenvalue weighted by atomic mass is 32.1. The van der Waals surface area contributed by atoms with Gasteiger partial charge in [-0.3, -0.25) is 0 Å². The second kappa shape index (κ2) is 4.63. The maximum absolute atomic E-state index is 11.6. The molecule has 84 valence electrons. The summed E-state index contributed by atoms with van der Waals surface area (Å²) in [6.07, 6.45) is 0. The quantitative estimate of drug-likeness (QED) is 0.832. The molecule has 0 bridgehead atoms. The van der Waals surface area contributed by atoms with Gasteiger partial charge in [0.25, 0.3) is 0 Å². The number of hydrogen-bond donors (Lipinski definition) is 1. The van der Waals surface area contributed by atoms with E-state index in [0.29, 0.717) is 18.7 Å². The summed E-state index contributed by atoms with van der Waals surface area (Å²) in [5.74, 6) is -0.279. The number of carbonyl (C=O) groups excluding carboxylic acids is 1. The Labute approximate surface area is 97.8 Å². The van der Waals surface area contributed by atoms with Crippen molar-refractivity contribution in [3.63, 3.8) is 0 Å². The van der Waals surface area contributed by atoms with Crippen LogP contribution in [0, 0.1) is 0 Å². The molecule has 16 heavy (non-hydrogen) atoms. The maximum Gasteiger partial charge on any atom is 0.338 e. The summed E-state index contributed by atoms with van der Waals surface area (Å²) in [6, 6.07) is 5.58. The minimum Gasteiger partial charge on any atom is -0.462 e. The lowest BCUT2D eigenvalue weighted by atomic mass is 10.1. The van der Waals surface area contributed by atoms with Crippen molar-refractivity contribution in [3.05, 3.63) is 34.7 Å². The summed E-state index contributed by atoms with van der Waals surface area (Å²) >= 11 is 1.64. The molecular formula is C12H13NO2S. The van der Waals surface area contributed by atoms with Crippen molar-refractivity contribution in [2.45, 2.75) is 13.5 Å². The van der Waals surface area contributed by atoms with Crippen LogP contribution in [0.25, 0.3) is 10.1 Å². The first-order valence-corrected chi connectivity index (χ1v) is 6.01. The van der Waals surface area contributed by atoms with Crippen LogP contribution in [-0.2, 0) is 11.3 Å². The van der Waals surface area contributed by atoms with Crippen molar-refractivity contribution in [2.24, 2.45) is 5.73 Å². The third-order valence-corrected chi connectivity index (χ3v) is 3.40. The maximum atomic E-state index is 11.6. The van der Waals surface area contributed by atoms with Gasteiger partial charge in [-0.1, -0.05) is 0 Å². The van der Waals surface area contributed by atoms with Crippen molar-refractivity contribution in [2.75, 3.05) is 6.61 Å². The van der Waals surface area contributed by atoms with Gasteiger partial charge in [-0.05, 0) is 41.5 Å². The van der Waals surface area contributed by atoms with Crippen LogP contribution in [0.2, 0.25) is 0 Å². The Balaban J connectivity index is 2.45. The molecule has 0 aliphatic rings. The van der Waals surface area contributed by atoms with E-state index < -0.39 is 0 Å². The van der Waals surface area contributed by atoms with E-state index in [1.807, 2.05) is 17.5 Å². The van der Waals surface area contributed by atoms with Crippen LogP contribution < -0.4 is 5.73 Å². The van der Waals surface area contributed by atoms with Crippen LogP contribution >= 0.6 is 11.3 Å². The number of ether oxygens (including phenoxy) is 1. The van der Waals surface area contributed by atoms with Crippen molar-refractivity contribution >= 4 is 27.4 Å². The zero-order valence-electron chi connectivity index (χ0n) is 9.03. The molecule has 0 aliphatic carbocycles. The standard InChI is InChI=1S/C12H13NO2S/c1-2-15-12(14)8-3-4-11-10(5-8)9(6-13)7-16-11/h3-5,7H,2,6,13H2,1H3. The van der Waals surface area contributed by atoms with E-state index in [0.717, 1.165) is 15.6 Å². The zero-order valence-corrected chi connectivity index (χ0v) is 9.84. The number of carbonyl (C=O) groups is 1. The summed E-state index contributed by atoms with van der Waals surface area (Å²) < 4.78 is 6.11. The molecule has 0 radical (unpaired) electrons. The van der Waals surface area contributed by atoms with Gasteiger partial charge in [0.1, 0.15) is 0 Å². The smallest absolute Gasteiger partial charge is 0.338 e. The highest BCUT2D eigenvalue weighted by Crippen LogP contribution is 2.26. The Morgan fingerprint density at radius 3 is 3.00 bits per heavy atom. The average Bonchev–Trinajstić information content (AvgIpc) is 2.71. The summed E-state index contributed by atoms with van der Waals surface area (Å²) in [5, 5.41) is 3.08. The molecule has 0 amide bonds. The first-order valence-electron chi connectivity index (χ1n) is 5.13. The number of benzene rings is 1. The van der Waals surface area contributed by atoms with Crippen molar-refractivity contribution < 1.29 is 9.53 Å². The molecule has 0 saturated carbocycles. The monoisotopic (exact) mass is 235 g/mol. The number of esters is 1. The number of fused-ring (bicyclic) bond motifs is 1. The zero-order chi connectivity index (χ0) is 11.5. The fourth-order valence-corrected chi connectivity index (χ4v) is 2.54. The van der Waals surface area contributed by atoms with Crippen molar-refractivity contribution in [1.29, 1.82) is 0 Å². The lowest BCUT2D eigenvalue weighted by Crippen LogP contribution is -2.04. The SMILES string of the molecule is CCOC(=O)c1ccc2scc(CN)c2c1. The van der Waals surface area contributed by atoms with E-state index in [2.05, 4.69) is 0 Å². The van der Waals surface area contributed by atoms with Crippen molar-refractivity contribution in [3.8, 4) is 0 Å². The van der Waals surface area contributed by atoms with Crippen LogP contribution in [0.3, 0.4) is 0 Å². The summed E-state index contributed by atoms with van der Waals surface area (Å²) in [4.78, 5) is 11.6. The molecule has 2 N–H and O–H groups in total. The number of thiophene rings is 1. The van der Waals surface area contributed by atoms with Crippen LogP contribution in [0.5, 0.6) is 0 Å². The molecule has 1 aromatic carbocycles. The van der Waals surface area contributed by atoms with Gasteiger partial charge in [0, 0.05) is 11.2 Å². The lowest BCUT2D eigenvalue weighted by molar-refractivity contribution is 0.0526. The molecule has 4 heteroatoms. The van der Waals surface area contributed by atoms with Gasteiger partial charge < -0.3 is 10.5 Å². The van der Waals surface area contributed by atoms with Crippen molar-refractivity contribution in [1.82, 2.24) is 0 Å².